The van der Waals surface area contributed by atoms with Gasteiger partial charge in [0.1, 0.15) is 5.75 Å². The summed E-state index contributed by atoms with van der Waals surface area (Å²) in [6.45, 7) is 5.25. The minimum atomic E-state index is 0.795. The molecule has 0 aliphatic carbocycles. The number of unbranched alkanes of at least 4 members (excludes halogenated alkanes) is 2. The Labute approximate surface area is 122 Å². The zero-order valence-corrected chi connectivity index (χ0v) is 12.4. The van der Waals surface area contributed by atoms with E-state index in [0.717, 1.165) is 31.9 Å². The summed E-state index contributed by atoms with van der Waals surface area (Å²) in [6.07, 6.45) is 4.81. The Morgan fingerprint density at radius 3 is 2.60 bits per heavy atom. The van der Waals surface area contributed by atoms with Crippen molar-refractivity contribution < 1.29 is 4.74 Å². The molecular formula is C18H25NO. The average molecular weight is 271 g/mol. The zero-order valence-electron chi connectivity index (χ0n) is 12.4. The molecule has 20 heavy (non-hydrogen) atoms. The largest absolute Gasteiger partial charge is 0.493 e. The van der Waals surface area contributed by atoms with Crippen molar-refractivity contribution in [1.29, 1.82) is 0 Å². The predicted octanol–water partition coefficient (Wildman–Crippen LogP) is 4.39. The van der Waals surface area contributed by atoms with Crippen molar-refractivity contribution in [3.05, 3.63) is 42.5 Å². The topological polar surface area (TPSA) is 21.3 Å². The minimum Gasteiger partial charge on any atom is -0.493 e. The lowest BCUT2D eigenvalue weighted by atomic mass is 10.1. The number of hydrogen-bond acceptors (Lipinski definition) is 2. The molecule has 0 aliphatic heterocycles. The number of ether oxygens (including phenoxy) is 1. The molecule has 2 nitrogen and oxygen atoms in total. The van der Waals surface area contributed by atoms with Crippen LogP contribution in [-0.2, 0) is 0 Å². The van der Waals surface area contributed by atoms with Gasteiger partial charge in [-0.05, 0) is 43.8 Å². The monoisotopic (exact) mass is 271 g/mol. The van der Waals surface area contributed by atoms with Crippen LogP contribution in [0.25, 0.3) is 10.8 Å². The number of nitrogens with one attached hydrogen (secondary N) is 1. The third-order valence-electron chi connectivity index (χ3n) is 3.46. The Morgan fingerprint density at radius 2 is 1.70 bits per heavy atom. The normalized spacial score (nSPS) is 10.8. The van der Waals surface area contributed by atoms with Crippen LogP contribution >= 0.6 is 0 Å². The van der Waals surface area contributed by atoms with Gasteiger partial charge in [-0.2, -0.15) is 0 Å². The van der Waals surface area contributed by atoms with E-state index in [4.69, 9.17) is 4.74 Å². The van der Waals surface area contributed by atoms with Crippen LogP contribution in [0.2, 0.25) is 0 Å². The van der Waals surface area contributed by atoms with Crippen LogP contribution in [-0.4, -0.2) is 19.7 Å². The second kappa shape index (κ2) is 8.60. The van der Waals surface area contributed by atoms with E-state index < -0.39 is 0 Å². The molecule has 0 spiro atoms. The SMILES string of the molecule is CCCCNCCCCOc1cccc2ccccc12. The van der Waals surface area contributed by atoms with Gasteiger partial charge in [0.2, 0.25) is 0 Å². The fraction of sp³-hybridized carbons (Fsp3) is 0.444. The molecule has 2 aromatic carbocycles. The number of fused-ring (bicyclic) bond motifs is 1. The average Bonchev–Trinajstić information content (AvgIpc) is 2.50. The van der Waals surface area contributed by atoms with Gasteiger partial charge in [0.15, 0.2) is 0 Å². The summed E-state index contributed by atoms with van der Waals surface area (Å²) in [4.78, 5) is 0. The molecule has 2 aromatic rings. The van der Waals surface area contributed by atoms with Gasteiger partial charge in [-0.3, -0.25) is 0 Å². The molecule has 108 valence electrons. The Morgan fingerprint density at radius 1 is 0.900 bits per heavy atom. The van der Waals surface area contributed by atoms with Gasteiger partial charge >= 0.3 is 0 Å². The van der Waals surface area contributed by atoms with Gasteiger partial charge < -0.3 is 10.1 Å². The fourth-order valence-electron chi connectivity index (χ4n) is 2.28. The molecule has 0 amide bonds. The first-order valence-corrected chi connectivity index (χ1v) is 7.73. The second-order valence-corrected chi connectivity index (χ2v) is 5.14. The first-order chi connectivity index (χ1) is 9.92. The first kappa shape index (κ1) is 14.9. The van der Waals surface area contributed by atoms with Crippen molar-refractivity contribution in [3.63, 3.8) is 0 Å². The highest BCUT2D eigenvalue weighted by atomic mass is 16.5. The summed E-state index contributed by atoms with van der Waals surface area (Å²) in [7, 11) is 0. The van der Waals surface area contributed by atoms with E-state index in [1.807, 2.05) is 0 Å². The van der Waals surface area contributed by atoms with Crippen molar-refractivity contribution in [2.24, 2.45) is 0 Å². The van der Waals surface area contributed by atoms with E-state index >= 15 is 0 Å². The predicted molar refractivity (Wildman–Crippen MR) is 86.5 cm³/mol. The van der Waals surface area contributed by atoms with Crippen LogP contribution in [0.3, 0.4) is 0 Å². The zero-order chi connectivity index (χ0) is 14.0. The lowest BCUT2D eigenvalue weighted by molar-refractivity contribution is 0.309. The van der Waals surface area contributed by atoms with Crippen molar-refractivity contribution in [2.45, 2.75) is 32.6 Å². The van der Waals surface area contributed by atoms with Crippen LogP contribution in [0.1, 0.15) is 32.6 Å². The molecular weight excluding hydrogens is 246 g/mol. The molecule has 0 aromatic heterocycles. The van der Waals surface area contributed by atoms with E-state index in [1.54, 1.807) is 0 Å². The number of benzene rings is 2. The fourth-order valence-corrected chi connectivity index (χ4v) is 2.28. The summed E-state index contributed by atoms with van der Waals surface area (Å²) in [5.74, 6) is 1.00. The van der Waals surface area contributed by atoms with E-state index in [2.05, 4.69) is 54.7 Å². The van der Waals surface area contributed by atoms with Gasteiger partial charge in [0, 0.05) is 5.39 Å². The molecule has 0 atom stereocenters. The van der Waals surface area contributed by atoms with Crippen LogP contribution in [0.5, 0.6) is 5.75 Å². The van der Waals surface area contributed by atoms with Crippen LogP contribution in [0, 0.1) is 0 Å². The van der Waals surface area contributed by atoms with Crippen molar-refractivity contribution >= 4 is 10.8 Å². The van der Waals surface area contributed by atoms with E-state index in [-0.39, 0.29) is 0 Å². The van der Waals surface area contributed by atoms with Gasteiger partial charge in [0.05, 0.1) is 6.61 Å². The molecule has 2 heteroatoms. The molecule has 0 bridgehead atoms. The molecule has 2 rings (SSSR count). The van der Waals surface area contributed by atoms with E-state index in [9.17, 15) is 0 Å². The first-order valence-electron chi connectivity index (χ1n) is 7.73. The van der Waals surface area contributed by atoms with Crippen LogP contribution in [0.4, 0.5) is 0 Å². The lowest BCUT2D eigenvalue weighted by Crippen LogP contribution is -2.17. The molecule has 0 fully saturated rings. The van der Waals surface area contributed by atoms with Gasteiger partial charge in [-0.25, -0.2) is 0 Å². The molecule has 0 radical (unpaired) electrons. The van der Waals surface area contributed by atoms with Gasteiger partial charge in [-0.15, -0.1) is 0 Å². The maximum atomic E-state index is 5.92. The summed E-state index contributed by atoms with van der Waals surface area (Å²) in [6, 6.07) is 14.6. The molecule has 0 saturated heterocycles. The Kier molecular flexibility index (Phi) is 6.39. The highest BCUT2D eigenvalue weighted by molar-refractivity contribution is 5.88. The third kappa shape index (κ3) is 4.53. The summed E-state index contributed by atoms with van der Waals surface area (Å²) < 4.78 is 5.92. The standard InChI is InChI=1S/C18H25NO/c1-2-3-13-19-14-6-7-15-20-18-12-8-10-16-9-4-5-11-17(16)18/h4-5,8-12,19H,2-3,6-7,13-15H2,1H3. The molecule has 0 unspecified atom stereocenters. The maximum Gasteiger partial charge on any atom is 0.127 e. The molecule has 0 aliphatic rings. The summed E-state index contributed by atoms with van der Waals surface area (Å²) in [5, 5.41) is 5.91. The molecule has 0 heterocycles. The van der Waals surface area contributed by atoms with Crippen molar-refractivity contribution in [1.82, 2.24) is 5.32 Å². The van der Waals surface area contributed by atoms with Crippen molar-refractivity contribution in [2.75, 3.05) is 19.7 Å². The van der Waals surface area contributed by atoms with Crippen LogP contribution < -0.4 is 10.1 Å². The highest BCUT2D eigenvalue weighted by Crippen LogP contribution is 2.25. The van der Waals surface area contributed by atoms with E-state index in [1.165, 1.54) is 30.0 Å². The highest BCUT2D eigenvalue weighted by Gasteiger charge is 2.00. The Balaban J connectivity index is 1.71. The van der Waals surface area contributed by atoms with Crippen LogP contribution in [0.15, 0.2) is 42.5 Å². The minimum absolute atomic E-state index is 0.795. The molecule has 0 saturated carbocycles. The van der Waals surface area contributed by atoms with Gasteiger partial charge in [0.25, 0.3) is 0 Å². The Hall–Kier alpha value is -1.54. The maximum absolute atomic E-state index is 5.92. The summed E-state index contributed by atoms with van der Waals surface area (Å²) >= 11 is 0. The summed E-state index contributed by atoms with van der Waals surface area (Å²) in [5.41, 5.74) is 0. The molecule has 1 N–H and O–H groups in total. The second-order valence-electron chi connectivity index (χ2n) is 5.14. The van der Waals surface area contributed by atoms with Crippen molar-refractivity contribution in [3.8, 4) is 5.75 Å². The smallest absolute Gasteiger partial charge is 0.127 e. The van der Waals surface area contributed by atoms with E-state index in [0.29, 0.717) is 0 Å². The number of hydrogen-bond donors (Lipinski definition) is 1. The quantitative estimate of drug-likeness (QED) is 0.683. The number of rotatable bonds is 9. The Bertz CT molecular complexity index is 504. The van der Waals surface area contributed by atoms with Gasteiger partial charge in [-0.1, -0.05) is 49.7 Å². The lowest BCUT2D eigenvalue weighted by Gasteiger charge is -2.09. The third-order valence-corrected chi connectivity index (χ3v) is 3.46.